The third-order valence-corrected chi connectivity index (χ3v) is 4.58. The molecule has 2 aromatic carbocycles. The Morgan fingerprint density at radius 1 is 1.14 bits per heavy atom. The lowest BCUT2D eigenvalue weighted by Gasteiger charge is -2.16. The van der Waals surface area contributed by atoms with Gasteiger partial charge in [0.15, 0.2) is 5.58 Å². The number of rotatable bonds is 3. The molecule has 0 aliphatic heterocycles. The lowest BCUT2D eigenvalue weighted by Crippen LogP contribution is -2.17. The number of fused-ring (bicyclic) bond motifs is 1. The molecule has 0 radical (unpaired) electrons. The molecule has 1 aromatic heterocycles. The Bertz CT molecular complexity index is 800. The highest BCUT2D eigenvalue weighted by Gasteiger charge is 2.20. The van der Waals surface area contributed by atoms with Crippen molar-refractivity contribution in [1.29, 1.82) is 0 Å². The van der Waals surface area contributed by atoms with Gasteiger partial charge in [-0.2, -0.15) is 0 Å². The van der Waals surface area contributed by atoms with Crippen molar-refractivity contribution < 1.29 is 4.42 Å². The molecule has 0 fully saturated rings. The van der Waals surface area contributed by atoms with Crippen LogP contribution in [-0.2, 0) is 0 Å². The fraction of sp³-hybridized carbons (Fsp3) is 0.125. The molecule has 0 aliphatic rings. The van der Waals surface area contributed by atoms with E-state index < -0.39 is 0 Å². The van der Waals surface area contributed by atoms with Crippen LogP contribution in [0.1, 0.15) is 17.4 Å². The van der Waals surface area contributed by atoms with Gasteiger partial charge < -0.3 is 9.73 Å². The first-order chi connectivity index (χ1) is 10.1. The van der Waals surface area contributed by atoms with E-state index in [0.717, 1.165) is 21.2 Å². The molecule has 1 N–H and O–H groups in total. The SMILES string of the molecule is CNC(c1cc2cccc(Cl)c2o1)c1ccc(Cl)cc1Br. The number of hydrogen-bond donors (Lipinski definition) is 1. The van der Waals surface area contributed by atoms with E-state index in [2.05, 4.69) is 21.2 Å². The second-order valence-electron chi connectivity index (χ2n) is 4.69. The van der Waals surface area contributed by atoms with Gasteiger partial charge in [-0.1, -0.05) is 57.3 Å². The van der Waals surface area contributed by atoms with E-state index in [4.69, 9.17) is 27.6 Å². The van der Waals surface area contributed by atoms with Crippen molar-refractivity contribution in [1.82, 2.24) is 5.32 Å². The largest absolute Gasteiger partial charge is 0.457 e. The van der Waals surface area contributed by atoms with Gasteiger partial charge >= 0.3 is 0 Å². The monoisotopic (exact) mass is 383 g/mol. The minimum absolute atomic E-state index is 0.0832. The molecule has 21 heavy (non-hydrogen) atoms. The van der Waals surface area contributed by atoms with E-state index in [9.17, 15) is 0 Å². The highest BCUT2D eigenvalue weighted by atomic mass is 79.9. The number of para-hydroxylation sites is 1. The molecule has 0 amide bonds. The summed E-state index contributed by atoms with van der Waals surface area (Å²) in [6.45, 7) is 0. The van der Waals surface area contributed by atoms with Crippen LogP contribution >= 0.6 is 39.1 Å². The molecule has 0 saturated heterocycles. The fourth-order valence-corrected chi connectivity index (χ4v) is 3.51. The van der Waals surface area contributed by atoms with Crippen molar-refractivity contribution in [3.05, 3.63) is 68.3 Å². The molecule has 108 valence electrons. The normalized spacial score (nSPS) is 12.8. The highest BCUT2D eigenvalue weighted by molar-refractivity contribution is 9.10. The van der Waals surface area contributed by atoms with Crippen molar-refractivity contribution in [2.45, 2.75) is 6.04 Å². The molecular weight excluding hydrogens is 373 g/mol. The summed E-state index contributed by atoms with van der Waals surface area (Å²) < 4.78 is 6.87. The maximum Gasteiger partial charge on any atom is 0.152 e. The van der Waals surface area contributed by atoms with Gasteiger partial charge in [-0.25, -0.2) is 0 Å². The van der Waals surface area contributed by atoms with Crippen molar-refractivity contribution in [3.8, 4) is 0 Å². The van der Waals surface area contributed by atoms with Gasteiger partial charge in [-0.3, -0.25) is 0 Å². The van der Waals surface area contributed by atoms with Gasteiger partial charge in [0.05, 0.1) is 11.1 Å². The number of benzene rings is 2. The van der Waals surface area contributed by atoms with Crippen LogP contribution in [0.5, 0.6) is 0 Å². The summed E-state index contributed by atoms with van der Waals surface area (Å²) in [5, 5.41) is 5.56. The average Bonchev–Trinajstić information content (AvgIpc) is 2.87. The van der Waals surface area contributed by atoms with Gasteiger partial charge in [0.25, 0.3) is 0 Å². The van der Waals surface area contributed by atoms with Gasteiger partial charge in [-0.05, 0) is 36.9 Å². The van der Waals surface area contributed by atoms with Crippen LogP contribution in [0.2, 0.25) is 10.0 Å². The lowest BCUT2D eigenvalue weighted by atomic mass is 10.0. The Balaban J connectivity index is 2.11. The maximum absolute atomic E-state index is 6.18. The van der Waals surface area contributed by atoms with E-state index in [1.54, 1.807) is 0 Å². The molecule has 0 saturated carbocycles. The van der Waals surface area contributed by atoms with E-state index in [-0.39, 0.29) is 6.04 Å². The maximum atomic E-state index is 6.18. The molecule has 1 atom stereocenters. The van der Waals surface area contributed by atoms with Crippen LogP contribution in [0.4, 0.5) is 0 Å². The minimum atomic E-state index is -0.0832. The third-order valence-electron chi connectivity index (χ3n) is 3.36. The molecule has 1 heterocycles. The molecular formula is C16H12BrCl2NO. The lowest BCUT2D eigenvalue weighted by molar-refractivity contribution is 0.491. The molecule has 0 bridgehead atoms. The van der Waals surface area contributed by atoms with E-state index in [1.165, 1.54) is 0 Å². The van der Waals surface area contributed by atoms with Crippen molar-refractivity contribution in [2.75, 3.05) is 7.05 Å². The zero-order valence-electron chi connectivity index (χ0n) is 11.2. The van der Waals surface area contributed by atoms with E-state index >= 15 is 0 Å². The molecule has 1 unspecified atom stereocenters. The first-order valence-electron chi connectivity index (χ1n) is 6.40. The quantitative estimate of drug-likeness (QED) is 0.616. The summed E-state index contributed by atoms with van der Waals surface area (Å²) in [4.78, 5) is 0. The molecule has 0 aliphatic carbocycles. The smallest absolute Gasteiger partial charge is 0.152 e. The Morgan fingerprint density at radius 3 is 2.62 bits per heavy atom. The van der Waals surface area contributed by atoms with Crippen LogP contribution in [0.25, 0.3) is 11.0 Å². The Hall–Kier alpha value is -1.000. The van der Waals surface area contributed by atoms with E-state index in [1.807, 2.05) is 49.5 Å². The first kappa shape index (κ1) is 14.9. The number of furan rings is 1. The number of halogens is 3. The number of hydrogen-bond acceptors (Lipinski definition) is 2. The number of nitrogens with one attached hydrogen (secondary N) is 1. The van der Waals surface area contributed by atoms with Gasteiger partial charge in [0.2, 0.25) is 0 Å². The van der Waals surface area contributed by atoms with Crippen molar-refractivity contribution >= 4 is 50.1 Å². The Labute approximate surface area is 141 Å². The minimum Gasteiger partial charge on any atom is -0.457 e. The van der Waals surface area contributed by atoms with Gasteiger partial charge in [0.1, 0.15) is 5.76 Å². The summed E-state index contributed by atoms with van der Waals surface area (Å²) >= 11 is 15.7. The van der Waals surface area contributed by atoms with Crippen LogP contribution in [0.3, 0.4) is 0 Å². The van der Waals surface area contributed by atoms with E-state index in [0.29, 0.717) is 15.6 Å². The summed E-state index contributed by atoms with van der Waals surface area (Å²) in [6, 6.07) is 13.3. The van der Waals surface area contributed by atoms with Crippen LogP contribution in [0, 0.1) is 0 Å². The molecule has 3 aromatic rings. The Kier molecular flexibility index (Phi) is 4.27. The third kappa shape index (κ3) is 2.84. The topological polar surface area (TPSA) is 25.2 Å². The first-order valence-corrected chi connectivity index (χ1v) is 7.95. The predicted octanol–water partition coefficient (Wildman–Crippen LogP) is 5.81. The predicted molar refractivity (Wildman–Crippen MR) is 91.3 cm³/mol. The van der Waals surface area contributed by atoms with Crippen LogP contribution < -0.4 is 5.32 Å². The summed E-state index contributed by atoms with van der Waals surface area (Å²) in [5.41, 5.74) is 1.76. The molecule has 3 rings (SSSR count). The highest BCUT2D eigenvalue weighted by Crippen LogP contribution is 2.35. The summed E-state index contributed by atoms with van der Waals surface area (Å²) in [6.07, 6.45) is 0. The molecule has 0 spiro atoms. The summed E-state index contributed by atoms with van der Waals surface area (Å²) in [5.74, 6) is 0.809. The summed E-state index contributed by atoms with van der Waals surface area (Å²) in [7, 11) is 1.89. The van der Waals surface area contributed by atoms with Crippen molar-refractivity contribution in [2.24, 2.45) is 0 Å². The second kappa shape index (κ2) is 6.01. The second-order valence-corrected chi connectivity index (χ2v) is 6.39. The van der Waals surface area contributed by atoms with Crippen LogP contribution in [-0.4, -0.2) is 7.05 Å². The van der Waals surface area contributed by atoms with Crippen LogP contribution in [0.15, 0.2) is 51.4 Å². The van der Waals surface area contributed by atoms with Gasteiger partial charge in [0, 0.05) is 14.9 Å². The van der Waals surface area contributed by atoms with Gasteiger partial charge in [-0.15, -0.1) is 0 Å². The molecule has 2 nitrogen and oxygen atoms in total. The Morgan fingerprint density at radius 2 is 1.95 bits per heavy atom. The molecule has 5 heteroatoms. The zero-order chi connectivity index (χ0) is 15.0. The van der Waals surface area contributed by atoms with Crippen molar-refractivity contribution in [3.63, 3.8) is 0 Å². The standard InChI is InChI=1S/C16H12BrCl2NO/c1-20-15(11-6-5-10(18)8-12(11)17)14-7-9-3-2-4-13(19)16(9)21-14/h2-8,15,20H,1H3. The fourth-order valence-electron chi connectivity index (χ4n) is 2.38. The zero-order valence-corrected chi connectivity index (χ0v) is 14.3. The average molecular weight is 385 g/mol.